The first kappa shape index (κ1) is 28.6. The molecule has 4 nitrogen and oxygen atoms in total. The van der Waals surface area contributed by atoms with Crippen molar-refractivity contribution in [2.75, 3.05) is 0 Å². The van der Waals surface area contributed by atoms with Gasteiger partial charge in [-0.2, -0.15) is 0 Å². The molecule has 0 aliphatic rings. The van der Waals surface area contributed by atoms with Crippen molar-refractivity contribution in [2.24, 2.45) is 0 Å². The minimum Gasteiger partial charge on any atom is -0.455 e. The molecule has 4 heterocycles. The average Bonchev–Trinajstić information content (AvgIpc) is 3.77. The van der Waals surface area contributed by atoms with E-state index in [1.807, 2.05) is 66.1 Å². The number of rotatable bonds is 5. The predicted molar refractivity (Wildman–Crippen MR) is 207 cm³/mol. The molecule has 0 amide bonds. The van der Waals surface area contributed by atoms with Crippen LogP contribution in [0.15, 0.2) is 168 Å². The highest BCUT2D eigenvalue weighted by molar-refractivity contribution is 7.25. The molecule has 5 heteroatoms. The minimum atomic E-state index is 0.661. The summed E-state index contributed by atoms with van der Waals surface area (Å²) in [4.78, 5) is 14.9. The Morgan fingerprint density at radius 1 is 0.440 bits per heavy atom. The van der Waals surface area contributed by atoms with Gasteiger partial charge in [0.05, 0.1) is 17.1 Å². The Balaban J connectivity index is 1.17. The Morgan fingerprint density at radius 2 is 1.12 bits per heavy atom. The normalized spacial score (nSPS) is 11.6. The third-order valence-electron chi connectivity index (χ3n) is 9.39. The molecule has 0 spiro atoms. The zero-order valence-corrected chi connectivity index (χ0v) is 27.6. The van der Waals surface area contributed by atoms with Crippen LogP contribution in [0.5, 0.6) is 0 Å². The minimum absolute atomic E-state index is 0.661. The fraction of sp³-hybridized carbons (Fsp3) is 0. The predicted octanol–water partition coefficient (Wildman–Crippen LogP) is 12.5. The van der Waals surface area contributed by atoms with E-state index in [1.54, 1.807) is 0 Å². The van der Waals surface area contributed by atoms with Crippen LogP contribution >= 0.6 is 11.3 Å². The highest BCUT2D eigenvalue weighted by atomic mass is 32.1. The van der Waals surface area contributed by atoms with E-state index in [9.17, 15) is 0 Å². The van der Waals surface area contributed by atoms with Crippen LogP contribution < -0.4 is 0 Å². The van der Waals surface area contributed by atoms with Crippen LogP contribution in [-0.4, -0.2) is 15.0 Å². The van der Waals surface area contributed by atoms with Gasteiger partial charge in [0, 0.05) is 65.0 Å². The van der Waals surface area contributed by atoms with Gasteiger partial charge in [0.1, 0.15) is 11.2 Å². The van der Waals surface area contributed by atoms with Crippen molar-refractivity contribution >= 4 is 53.4 Å². The van der Waals surface area contributed by atoms with Gasteiger partial charge in [-0.3, -0.25) is 4.98 Å². The first-order chi connectivity index (χ1) is 24.8. The van der Waals surface area contributed by atoms with E-state index in [0.717, 1.165) is 72.4 Å². The van der Waals surface area contributed by atoms with Crippen LogP contribution in [0.2, 0.25) is 0 Å². The van der Waals surface area contributed by atoms with E-state index < -0.39 is 0 Å². The maximum atomic E-state index is 6.71. The number of benzene rings is 6. The van der Waals surface area contributed by atoms with Crippen molar-refractivity contribution in [3.05, 3.63) is 164 Å². The maximum Gasteiger partial charge on any atom is 0.160 e. The maximum absolute atomic E-state index is 6.71. The summed E-state index contributed by atoms with van der Waals surface area (Å²) in [6.45, 7) is 0. The summed E-state index contributed by atoms with van der Waals surface area (Å²) >= 11 is 1.83. The van der Waals surface area contributed by atoms with Gasteiger partial charge in [0.15, 0.2) is 5.82 Å². The summed E-state index contributed by atoms with van der Waals surface area (Å²) in [6.07, 6.45) is 1.82. The molecule has 0 fully saturated rings. The largest absolute Gasteiger partial charge is 0.455 e. The van der Waals surface area contributed by atoms with E-state index in [4.69, 9.17) is 14.4 Å². The van der Waals surface area contributed by atoms with Crippen LogP contribution in [-0.2, 0) is 0 Å². The van der Waals surface area contributed by atoms with Gasteiger partial charge in [-0.25, -0.2) is 9.97 Å². The number of para-hydroxylation sites is 1. The molecule has 0 N–H and O–H groups in total. The molecule has 0 saturated heterocycles. The molecule has 0 aliphatic heterocycles. The monoisotopic (exact) mass is 657 g/mol. The van der Waals surface area contributed by atoms with E-state index in [-0.39, 0.29) is 0 Å². The number of hydrogen-bond donors (Lipinski definition) is 0. The Hall–Kier alpha value is -6.43. The number of nitrogens with zero attached hydrogens (tertiary/aromatic N) is 3. The molecule has 0 bridgehead atoms. The van der Waals surface area contributed by atoms with E-state index in [0.29, 0.717) is 5.82 Å². The van der Waals surface area contributed by atoms with Crippen LogP contribution in [0.1, 0.15) is 0 Å². The highest BCUT2D eigenvalue weighted by Crippen LogP contribution is 2.44. The molecule has 0 aliphatic carbocycles. The number of aromatic nitrogens is 3. The van der Waals surface area contributed by atoms with E-state index in [2.05, 4.69) is 114 Å². The highest BCUT2D eigenvalue weighted by Gasteiger charge is 2.20. The molecule has 6 aromatic carbocycles. The lowest BCUT2D eigenvalue weighted by molar-refractivity contribution is 0.670. The molecule has 234 valence electrons. The topological polar surface area (TPSA) is 51.8 Å². The standard InChI is InChI=1S/C45H27N3OS/c1-2-10-28(11-3-1)38-27-39(48-45(47-38)30-19-17-29(18-20-30)37-14-8-9-25-46-37)35-24-23-32(44-43(35)36-13-4-6-15-40(36)49-44)31-21-22-34-33-12-5-7-16-41(33)50-42(34)26-31/h1-27H. The van der Waals surface area contributed by atoms with E-state index >= 15 is 0 Å². The van der Waals surface area contributed by atoms with Crippen LogP contribution in [0, 0.1) is 0 Å². The smallest absolute Gasteiger partial charge is 0.160 e. The quantitative estimate of drug-likeness (QED) is 0.185. The molecule has 10 rings (SSSR count). The zero-order valence-electron chi connectivity index (χ0n) is 26.7. The van der Waals surface area contributed by atoms with Gasteiger partial charge in [0.2, 0.25) is 0 Å². The number of fused-ring (bicyclic) bond motifs is 6. The molecule has 0 unspecified atom stereocenters. The lowest BCUT2D eigenvalue weighted by Gasteiger charge is -2.12. The summed E-state index contributed by atoms with van der Waals surface area (Å²) in [5.41, 5.74) is 10.5. The molecular weight excluding hydrogens is 631 g/mol. The van der Waals surface area contributed by atoms with Crippen molar-refractivity contribution in [3.63, 3.8) is 0 Å². The van der Waals surface area contributed by atoms with Gasteiger partial charge in [-0.15, -0.1) is 11.3 Å². The Kier molecular flexibility index (Phi) is 6.64. The van der Waals surface area contributed by atoms with Crippen molar-refractivity contribution < 1.29 is 4.42 Å². The number of thiophene rings is 1. The Bertz CT molecular complexity index is 2860. The summed E-state index contributed by atoms with van der Waals surface area (Å²) in [7, 11) is 0. The Morgan fingerprint density at radius 3 is 1.98 bits per heavy atom. The lowest BCUT2D eigenvalue weighted by Crippen LogP contribution is -1.96. The molecule has 0 atom stereocenters. The van der Waals surface area contributed by atoms with Crippen molar-refractivity contribution in [2.45, 2.75) is 0 Å². The van der Waals surface area contributed by atoms with Crippen LogP contribution in [0.3, 0.4) is 0 Å². The van der Waals surface area contributed by atoms with Gasteiger partial charge < -0.3 is 4.42 Å². The molecular formula is C45H27N3OS. The van der Waals surface area contributed by atoms with Crippen LogP contribution in [0.25, 0.3) is 98.4 Å². The molecule has 0 radical (unpaired) electrons. The van der Waals surface area contributed by atoms with Crippen molar-refractivity contribution in [1.82, 2.24) is 15.0 Å². The third-order valence-corrected chi connectivity index (χ3v) is 10.5. The first-order valence-corrected chi connectivity index (χ1v) is 17.4. The number of hydrogen-bond acceptors (Lipinski definition) is 5. The summed E-state index contributed by atoms with van der Waals surface area (Å²) in [5, 5.41) is 4.68. The fourth-order valence-electron chi connectivity index (χ4n) is 6.96. The molecule has 4 aromatic heterocycles. The number of pyridine rings is 1. The SMILES string of the molecule is c1ccc(-c2cc(-c3ccc(-c4ccc5c(c4)sc4ccccc45)c4oc5ccccc5c34)nc(-c3ccc(-c4ccccn4)cc3)n2)cc1. The summed E-state index contributed by atoms with van der Waals surface area (Å²) in [5.74, 6) is 0.661. The molecule has 0 saturated carbocycles. The number of furan rings is 1. The lowest BCUT2D eigenvalue weighted by atomic mass is 9.95. The Labute approximate surface area is 292 Å². The van der Waals surface area contributed by atoms with Gasteiger partial charge in [-0.05, 0) is 48.0 Å². The van der Waals surface area contributed by atoms with Gasteiger partial charge in [-0.1, -0.05) is 115 Å². The van der Waals surface area contributed by atoms with Gasteiger partial charge in [0.25, 0.3) is 0 Å². The van der Waals surface area contributed by atoms with E-state index in [1.165, 1.54) is 20.2 Å². The molecule has 50 heavy (non-hydrogen) atoms. The second-order valence-electron chi connectivity index (χ2n) is 12.4. The zero-order chi connectivity index (χ0) is 33.0. The second-order valence-corrected chi connectivity index (χ2v) is 13.5. The van der Waals surface area contributed by atoms with Crippen molar-refractivity contribution in [1.29, 1.82) is 0 Å². The third kappa shape index (κ3) is 4.79. The van der Waals surface area contributed by atoms with Crippen LogP contribution in [0.4, 0.5) is 0 Å². The van der Waals surface area contributed by atoms with Crippen molar-refractivity contribution in [3.8, 4) is 56.3 Å². The first-order valence-electron chi connectivity index (χ1n) is 16.6. The summed E-state index contributed by atoms with van der Waals surface area (Å²) < 4.78 is 9.27. The fourth-order valence-corrected chi connectivity index (χ4v) is 8.10. The van der Waals surface area contributed by atoms with Gasteiger partial charge >= 0.3 is 0 Å². The molecule has 10 aromatic rings. The average molecular weight is 658 g/mol. The second kappa shape index (κ2) is 11.6. The summed E-state index contributed by atoms with van der Waals surface area (Å²) in [6, 6.07) is 54.7.